The van der Waals surface area contributed by atoms with Gasteiger partial charge in [-0.15, -0.1) is 0 Å². The molecule has 1 amide bonds. The van der Waals surface area contributed by atoms with Crippen molar-refractivity contribution in [1.29, 1.82) is 0 Å². The lowest BCUT2D eigenvalue weighted by atomic mass is 10.2. The molecule has 0 atom stereocenters. The van der Waals surface area contributed by atoms with Gasteiger partial charge in [0.1, 0.15) is 11.4 Å². The van der Waals surface area contributed by atoms with E-state index in [1.54, 1.807) is 31.5 Å². The van der Waals surface area contributed by atoms with Crippen molar-refractivity contribution in [2.75, 3.05) is 12.4 Å². The Bertz CT molecular complexity index is 662. The number of rotatable bonds is 3. The molecule has 0 radical (unpaired) electrons. The van der Waals surface area contributed by atoms with Crippen LogP contribution in [0.1, 0.15) is 10.5 Å². The van der Waals surface area contributed by atoms with E-state index < -0.39 is 0 Å². The molecular weight excluding hydrogens is 456 g/mol. The Balaban J connectivity index is 2.31. The minimum atomic E-state index is -0.303. The lowest BCUT2D eigenvalue weighted by molar-refractivity contribution is 0.102. The molecule has 0 aliphatic carbocycles. The van der Waals surface area contributed by atoms with Gasteiger partial charge in [0.05, 0.1) is 17.3 Å². The Kier molecular flexibility index (Phi) is 5.17. The van der Waals surface area contributed by atoms with Crippen LogP contribution in [0.25, 0.3) is 0 Å². The maximum absolute atomic E-state index is 12.2. The van der Waals surface area contributed by atoms with Gasteiger partial charge in [0.2, 0.25) is 0 Å². The van der Waals surface area contributed by atoms with Gasteiger partial charge in [-0.25, -0.2) is 4.98 Å². The number of carbonyl (C=O) groups excluding carboxylic acids is 1. The molecule has 0 spiro atoms. The molecule has 0 saturated carbocycles. The fourth-order valence-electron chi connectivity index (χ4n) is 1.52. The Morgan fingerprint density at radius 2 is 1.95 bits per heavy atom. The van der Waals surface area contributed by atoms with Crippen molar-refractivity contribution in [2.24, 2.45) is 0 Å². The topological polar surface area (TPSA) is 51.2 Å². The molecule has 1 N–H and O–H groups in total. The summed E-state index contributed by atoms with van der Waals surface area (Å²) < 4.78 is 7.38. The van der Waals surface area contributed by atoms with Crippen LogP contribution in [0.2, 0.25) is 0 Å². The average Bonchev–Trinajstić information content (AvgIpc) is 2.42. The maximum atomic E-state index is 12.2. The summed E-state index contributed by atoms with van der Waals surface area (Å²) in [4.78, 5) is 16.2. The quantitative estimate of drug-likeness (QED) is 0.720. The number of nitrogens with zero attached hydrogens (tertiary/aromatic N) is 1. The lowest BCUT2D eigenvalue weighted by Gasteiger charge is -2.11. The van der Waals surface area contributed by atoms with Crippen LogP contribution in [0.5, 0.6) is 5.75 Å². The fourth-order valence-corrected chi connectivity index (χ4v) is 3.21. The van der Waals surface area contributed by atoms with Gasteiger partial charge in [0.25, 0.3) is 5.91 Å². The summed E-state index contributed by atoms with van der Waals surface area (Å²) in [6.45, 7) is 0. The van der Waals surface area contributed by atoms with Crippen molar-refractivity contribution in [1.82, 2.24) is 4.98 Å². The number of nitrogens with one attached hydrogen (secondary N) is 1. The monoisotopic (exact) mass is 462 g/mol. The number of hydrogen-bond donors (Lipinski definition) is 1. The van der Waals surface area contributed by atoms with Crippen LogP contribution in [0.3, 0.4) is 0 Å². The highest BCUT2D eigenvalue weighted by Crippen LogP contribution is 2.34. The van der Waals surface area contributed by atoms with E-state index >= 15 is 0 Å². The van der Waals surface area contributed by atoms with E-state index in [1.807, 2.05) is 6.07 Å². The molecule has 2 rings (SSSR count). The standard InChI is InChI=1S/C13H9Br3N2O2/c1-20-11-6-10(8(15)5-9(11)16)18-13(19)12-7(14)3-2-4-17-12/h2-6H,1H3,(H,18,19). The summed E-state index contributed by atoms with van der Waals surface area (Å²) in [7, 11) is 1.56. The van der Waals surface area contributed by atoms with E-state index in [4.69, 9.17) is 4.74 Å². The van der Waals surface area contributed by atoms with Crippen LogP contribution in [0, 0.1) is 0 Å². The molecule has 1 heterocycles. The van der Waals surface area contributed by atoms with Gasteiger partial charge in [0.15, 0.2) is 0 Å². The molecule has 0 bridgehead atoms. The molecule has 1 aromatic carbocycles. The molecule has 0 aliphatic rings. The summed E-state index contributed by atoms with van der Waals surface area (Å²) in [6.07, 6.45) is 1.57. The van der Waals surface area contributed by atoms with Gasteiger partial charge < -0.3 is 10.1 Å². The Morgan fingerprint density at radius 3 is 2.60 bits per heavy atom. The number of ether oxygens (including phenoxy) is 1. The zero-order valence-corrected chi connectivity index (χ0v) is 15.0. The number of anilines is 1. The predicted octanol–water partition coefficient (Wildman–Crippen LogP) is 4.63. The predicted molar refractivity (Wildman–Crippen MR) is 88.3 cm³/mol. The summed E-state index contributed by atoms with van der Waals surface area (Å²) in [6, 6.07) is 7.05. The van der Waals surface area contributed by atoms with E-state index in [0.29, 0.717) is 21.6 Å². The summed E-state index contributed by atoms with van der Waals surface area (Å²) in [5.41, 5.74) is 0.925. The SMILES string of the molecule is COc1cc(NC(=O)c2ncccc2Br)c(Br)cc1Br. The van der Waals surface area contributed by atoms with Crippen molar-refractivity contribution in [3.05, 3.63) is 49.6 Å². The molecule has 1 aromatic heterocycles. The summed E-state index contributed by atoms with van der Waals surface area (Å²) >= 11 is 10.1. The van der Waals surface area contributed by atoms with Gasteiger partial charge in [-0.1, -0.05) is 0 Å². The van der Waals surface area contributed by atoms with Gasteiger partial charge in [0, 0.05) is 21.2 Å². The van der Waals surface area contributed by atoms with Crippen molar-refractivity contribution in [3.8, 4) is 5.75 Å². The minimum Gasteiger partial charge on any atom is -0.495 e. The van der Waals surface area contributed by atoms with E-state index in [-0.39, 0.29) is 5.91 Å². The van der Waals surface area contributed by atoms with E-state index in [2.05, 4.69) is 58.1 Å². The number of pyridine rings is 1. The molecule has 2 aromatic rings. The van der Waals surface area contributed by atoms with Gasteiger partial charge in [-0.2, -0.15) is 0 Å². The van der Waals surface area contributed by atoms with E-state index in [9.17, 15) is 4.79 Å². The molecule has 20 heavy (non-hydrogen) atoms. The Morgan fingerprint density at radius 1 is 1.20 bits per heavy atom. The van der Waals surface area contributed by atoms with Crippen molar-refractivity contribution in [2.45, 2.75) is 0 Å². The largest absolute Gasteiger partial charge is 0.495 e. The molecule has 7 heteroatoms. The molecule has 4 nitrogen and oxygen atoms in total. The molecular formula is C13H9Br3N2O2. The summed E-state index contributed by atoms with van der Waals surface area (Å²) in [5, 5.41) is 2.79. The first-order chi connectivity index (χ1) is 9.52. The third-order valence-electron chi connectivity index (χ3n) is 2.46. The Hall–Kier alpha value is -0.920. The number of amides is 1. The molecule has 0 fully saturated rings. The van der Waals surface area contributed by atoms with Crippen molar-refractivity contribution >= 4 is 59.4 Å². The first-order valence-corrected chi connectivity index (χ1v) is 7.85. The van der Waals surface area contributed by atoms with Crippen LogP contribution in [-0.2, 0) is 0 Å². The highest BCUT2D eigenvalue weighted by Gasteiger charge is 2.14. The van der Waals surface area contributed by atoms with Crippen LogP contribution >= 0.6 is 47.8 Å². The maximum Gasteiger partial charge on any atom is 0.275 e. The lowest BCUT2D eigenvalue weighted by Crippen LogP contribution is -2.14. The van der Waals surface area contributed by atoms with Crippen LogP contribution in [0.4, 0.5) is 5.69 Å². The van der Waals surface area contributed by atoms with E-state index in [1.165, 1.54) is 0 Å². The molecule has 0 aliphatic heterocycles. The second kappa shape index (κ2) is 6.69. The molecule has 0 saturated heterocycles. The molecule has 104 valence electrons. The van der Waals surface area contributed by atoms with Crippen LogP contribution in [-0.4, -0.2) is 18.0 Å². The van der Waals surface area contributed by atoms with Gasteiger partial charge in [-0.05, 0) is 66.0 Å². The third-order valence-corrected chi connectivity index (χ3v) is 4.38. The first kappa shape index (κ1) is 15.5. The smallest absolute Gasteiger partial charge is 0.275 e. The van der Waals surface area contributed by atoms with Gasteiger partial charge >= 0.3 is 0 Å². The van der Waals surface area contributed by atoms with Crippen LogP contribution < -0.4 is 10.1 Å². The number of methoxy groups -OCH3 is 1. The van der Waals surface area contributed by atoms with Gasteiger partial charge in [-0.3, -0.25) is 4.79 Å². The number of halogens is 3. The average molecular weight is 465 g/mol. The Labute approximate surface area is 141 Å². The van der Waals surface area contributed by atoms with Crippen molar-refractivity contribution in [3.63, 3.8) is 0 Å². The highest BCUT2D eigenvalue weighted by atomic mass is 79.9. The normalized spacial score (nSPS) is 10.2. The highest BCUT2D eigenvalue weighted by molar-refractivity contribution is 9.11. The number of hydrogen-bond acceptors (Lipinski definition) is 3. The number of carbonyl (C=O) groups is 1. The van der Waals surface area contributed by atoms with Crippen molar-refractivity contribution < 1.29 is 9.53 Å². The fraction of sp³-hybridized carbons (Fsp3) is 0.0769. The second-order valence-corrected chi connectivity index (χ2v) is 6.32. The first-order valence-electron chi connectivity index (χ1n) is 5.48. The molecule has 0 unspecified atom stereocenters. The summed E-state index contributed by atoms with van der Waals surface area (Å²) in [5.74, 6) is 0.325. The third kappa shape index (κ3) is 3.39. The zero-order valence-electron chi connectivity index (χ0n) is 10.3. The zero-order chi connectivity index (χ0) is 14.7. The minimum absolute atomic E-state index is 0.303. The van der Waals surface area contributed by atoms with E-state index in [0.717, 1.165) is 8.95 Å². The second-order valence-electron chi connectivity index (χ2n) is 3.75. The van der Waals surface area contributed by atoms with Crippen LogP contribution in [0.15, 0.2) is 43.9 Å². The number of benzene rings is 1. The number of aromatic nitrogens is 1.